The topological polar surface area (TPSA) is 40.5 Å². The highest BCUT2D eigenvalue weighted by Crippen LogP contribution is 2.31. The smallest absolute Gasteiger partial charge is 0.427 e. The number of rotatable bonds is 3. The first kappa shape index (κ1) is 14.3. The van der Waals surface area contributed by atoms with E-state index in [1.165, 1.54) is 5.56 Å². The maximum atomic E-state index is 9.13. The minimum absolute atomic E-state index is 0.115. The third-order valence-electron chi connectivity index (χ3n) is 3.20. The van der Waals surface area contributed by atoms with E-state index in [4.69, 9.17) is 10.0 Å². The van der Waals surface area contributed by atoms with Crippen molar-refractivity contribution in [1.82, 2.24) is 0 Å². The molecule has 0 heterocycles. The van der Waals surface area contributed by atoms with Crippen LogP contribution in [0.15, 0.2) is 24.3 Å². The predicted octanol–water partition coefficient (Wildman–Crippen LogP) is 2.73. The number of hydrogen-bond donors (Lipinski definition) is 2. The molecule has 0 bridgehead atoms. The maximum Gasteiger partial charge on any atom is 0.452 e. The zero-order valence-corrected chi connectivity index (χ0v) is 11.5. The van der Waals surface area contributed by atoms with Crippen molar-refractivity contribution >= 4 is 7.12 Å². The summed E-state index contributed by atoms with van der Waals surface area (Å²) in [5.41, 5.74) is 2.31. The van der Waals surface area contributed by atoms with Crippen molar-refractivity contribution in [3.05, 3.63) is 35.4 Å². The van der Waals surface area contributed by atoms with Crippen LogP contribution in [0.3, 0.4) is 0 Å². The Hall–Kier alpha value is -0.795. The van der Waals surface area contributed by atoms with Gasteiger partial charge in [-0.15, -0.1) is 0 Å². The fourth-order valence-corrected chi connectivity index (χ4v) is 1.98. The van der Waals surface area contributed by atoms with Gasteiger partial charge in [-0.1, -0.05) is 58.9 Å². The Labute approximate surface area is 105 Å². The Morgan fingerprint density at radius 1 is 1.00 bits per heavy atom. The zero-order valence-electron chi connectivity index (χ0n) is 11.5. The Balaban J connectivity index is 3.07. The lowest BCUT2D eigenvalue weighted by Gasteiger charge is -2.27. The highest BCUT2D eigenvalue weighted by atomic mass is 16.4. The predicted molar refractivity (Wildman–Crippen MR) is 73.2 cm³/mol. The van der Waals surface area contributed by atoms with Gasteiger partial charge in [-0.05, 0) is 28.3 Å². The summed E-state index contributed by atoms with van der Waals surface area (Å²) in [4.78, 5) is 0. The molecule has 0 radical (unpaired) electrons. The quantitative estimate of drug-likeness (QED) is 0.789. The standard InChI is InChI=1S/C14H23BO2/c1-13(2,3)11-7-6-8-12(9-11)14(4,5)10-15(16)17/h6-9,16-17H,10H2,1-5H3. The highest BCUT2D eigenvalue weighted by molar-refractivity contribution is 6.41. The van der Waals surface area contributed by atoms with Gasteiger partial charge in [0, 0.05) is 0 Å². The van der Waals surface area contributed by atoms with Crippen molar-refractivity contribution < 1.29 is 10.0 Å². The summed E-state index contributed by atoms with van der Waals surface area (Å²) in [5.74, 6) is 0. The SMILES string of the molecule is CC(C)(C)c1cccc(C(C)(C)CB(O)O)c1. The second-order valence-electron chi connectivity index (χ2n) is 6.40. The molecule has 1 aromatic rings. The van der Waals surface area contributed by atoms with Gasteiger partial charge in [-0.3, -0.25) is 0 Å². The van der Waals surface area contributed by atoms with Gasteiger partial charge in [0.1, 0.15) is 0 Å². The van der Waals surface area contributed by atoms with Crippen LogP contribution >= 0.6 is 0 Å². The molecule has 0 aliphatic rings. The van der Waals surface area contributed by atoms with Gasteiger partial charge in [0.05, 0.1) is 0 Å². The molecule has 0 unspecified atom stereocenters. The molecule has 0 amide bonds. The Kier molecular flexibility index (Phi) is 4.05. The van der Waals surface area contributed by atoms with Crippen LogP contribution in [0.2, 0.25) is 6.32 Å². The normalized spacial score (nSPS) is 12.6. The molecule has 0 aliphatic carbocycles. The van der Waals surface area contributed by atoms with E-state index in [1.807, 2.05) is 19.9 Å². The van der Waals surface area contributed by atoms with E-state index in [-0.39, 0.29) is 10.8 Å². The first-order chi connectivity index (χ1) is 7.63. The summed E-state index contributed by atoms with van der Waals surface area (Å²) in [6.07, 6.45) is 0.348. The molecule has 0 aromatic heterocycles. The average Bonchev–Trinajstić information content (AvgIpc) is 2.14. The van der Waals surface area contributed by atoms with E-state index < -0.39 is 7.12 Å². The first-order valence-electron chi connectivity index (χ1n) is 6.10. The largest absolute Gasteiger partial charge is 0.452 e. The third-order valence-corrected chi connectivity index (χ3v) is 3.20. The number of benzene rings is 1. The first-order valence-corrected chi connectivity index (χ1v) is 6.10. The van der Waals surface area contributed by atoms with E-state index >= 15 is 0 Å². The molecule has 94 valence electrons. The summed E-state index contributed by atoms with van der Waals surface area (Å²) in [6.45, 7) is 10.6. The minimum atomic E-state index is -1.26. The van der Waals surface area contributed by atoms with Crippen LogP contribution in [-0.2, 0) is 10.8 Å². The third kappa shape index (κ3) is 3.86. The van der Waals surface area contributed by atoms with Gasteiger partial charge < -0.3 is 10.0 Å². The van der Waals surface area contributed by atoms with Crippen molar-refractivity contribution in [1.29, 1.82) is 0 Å². The fraction of sp³-hybridized carbons (Fsp3) is 0.571. The second kappa shape index (κ2) is 4.83. The van der Waals surface area contributed by atoms with Crippen molar-refractivity contribution in [2.45, 2.75) is 51.8 Å². The van der Waals surface area contributed by atoms with Crippen LogP contribution in [0.25, 0.3) is 0 Å². The minimum Gasteiger partial charge on any atom is -0.427 e. The zero-order chi connectivity index (χ0) is 13.3. The van der Waals surface area contributed by atoms with Crippen LogP contribution in [0.5, 0.6) is 0 Å². The summed E-state index contributed by atoms with van der Waals surface area (Å²) in [5, 5.41) is 18.3. The van der Waals surface area contributed by atoms with E-state index in [0.29, 0.717) is 6.32 Å². The van der Waals surface area contributed by atoms with Crippen molar-refractivity contribution in [3.63, 3.8) is 0 Å². The molecule has 1 rings (SSSR count). The van der Waals surface area contributed by atoms with Crippen LogP contribution in [0, 0.1) is 0 Å². The summed E-state index contributed by atoms with van der Waals surface area (Å²) in [7, 11) is -1.26. The molecule has 0 aliphatic heterocycles. The summed E-state index contributed by atoms with van der Waals surface area (Å²) in [6, 6.07) is 8.39. The highest BCUT2D eigenvalue weighted by Gasteiger charge is 2.27. The van der Waals surface area contributed by atoms with Gasteiger partial charge in [-0.25, -0.2) is 0 Å². The van der Waals surface area contributed by atoms with Gasteiger partial charge in [-0.2, -0.15) is 0 Å². The fourth-order valence-electron chi connectivity index (χ4n) is 1.98. The van der Waals surface area contributed by atoms with Gasteiger partial charge in [0.25, 0.3) is 0 Å². The number of hydrogen-bond acceptors (Lipinski definition) is 2. The molecule has 17 heavy (non-hydrogen) atoms. The van der Waals surface area contributed by atoms with Crippen LogP contribution < -0.4 is 0 Å². The molecule has 0 atom stereocenters. The van der Waals surface area contributed by atoms with E-state index in [9.17, 15) is 0 Å². The Bertz CT molecular complexity index is 378. The second-order valence-corrected chi connectivity index (χ2v) is 6.40. The van der Waals surface area contributed by atoms with Crippen molar-refractivity contribution in [2.75, 3.05) is 0 Å². The lowest BCUT2D eigenvalue weighted by molar-refractivity contribution is 0.382. The molecule has 2 nitrogen and oxygen atoms in total. The molecule has 0 spiro atoms. The molecular formula is C14H23BO2. The van der Waals surface area contributed by atoms with Crippen molar-refractivity contribution in [2.24, 2.45) is 0 Å². The van der Waals surface area contributed by atoms with Crippen LogP contribution in [-0.4, -0.2) is 17.2 Å². The van der Waals surface area contributed by atoms with Crippen LogP contribution in [0.1, 0.15) is 45.7 Å². The average molecular weight is 234 g/mol. The molecular weight excluding hydrogens is 211 g/mol. The Morgan fingerprint density at radius 3 is 2.00 bits per heavy atom. The van der Waals surface area contributed by atoms with E-state index in [1.54, 1.807) is 0 Å². The monoisotopic (exact) mass is 234 g/mol. The van der Waals surface area contributed by atoms with Gasteiger partial charge in [0.2, 0.25) is 0 Å². The maximum absolute atomic E-state index is 9.13. The van der Waals surface area contributed by atoms with E-state index in [2.05, 4.69) is 39.0 Å². The van der Waals surface area contributed by atoms with Gasteiger partial charge in [0.15, 0.2) is 0 Å². The van der Waals surface area contributed by atoms with E-state index in [0.717, 1.165) is 5.56 Å². The molecule has 2 N–H and O–H groups in total. The van der Waals surface area contributed by atoms with Crippen LogP contribution in [0.4, 0.5) is 0 Å². The Morgan fingerprint density at radius 2 is 1.53 bits per heavy atom. The summed E-state index contributed by atoms with van der Waals surface area (Å²) >= 11 is 0. The molecule has 3 heteroatoms. The molecule has 0 fully saturated rings. The molecule has 0 saturated carbocycles. The lowest BCUT2D eigenvalue weighted by Crippen LogP contribution is -2.27. The van der Waals surface area contributed by atoms with Gasteiger partial charge >= 0.3 is 7.12 Å². The summed E-state index contributed by atoms with van der Waals surface area (Å²) < 4.78 is 0. The lowest BCUT2D eigenvalue weighted by atomic mass is 9.66. The van der Waals surface area contributed by atoms with Crippen molar-refractivity contribution in [3.8, 4) is 0 Å². The molecule has 0 saturated heterocycles. The molecule has 1 aromatic carbocycles.